The van der Waals surface area contributed by atoms with E-state index in [1.54, 1.807) is 6.20 Å². The van der Waals surface area contributed by atoms with E-state index in [-0.39, 0.29) is 0 Å². The molecule has 21 heavy (non-hydrogen) atoms. The third kappa shape index (κ3) is 2.12. The van der Waals surface area contributed by atoms with E-state index in [9.17, 15) is 0 Å². The van der Waals surface area contributed by atoms with Crippen molar-refractivity contribution in [3.05, 3.63) is 42.6 Å². The minimum atomic E-state index is 0.564. The molecule has 5 nitrogen and oxygen atoms in total. The van der Waals surface area contributed by atoms with Gasteiger partial charge in [0, 0.05) is 22.8 Å². The fourth-order valence-corrected chi connectivity index (χ4v) is 2.37. The molecule has 0 radical (unpaired) electrons. The van der Waals surface area contributed by atoms with Crippen LogP contribution in [-0.4, -0.2) is 23.2 Å². The van der Waals surface area contributed by atoms with Crippen molar-refractivity contribution in [3.63, 3.8) is 0 Å². The molecule has 0 saturated heterocycles. The molecule has 4 rings (SSSR count). The van der Waals surface area contributed by atoms with Crippen LogP contribution < -0.4 is 15.2 Å². The number of anilines is 1. The van der Waals surface area contributed by atoms with Gasteiger partial charge in [0.1, 0.15) is 13.2 Å². The normalized spacial score (nSPS) is 13.3. The Morgan fingerprint density at radius 3 is 2.71 bits per heavy atom. The highest BCUT2D eigenvalue weighted by atomic mass is 16.6. The molecule has 1 aliphatic rings. The Bertz CT molecular complexity index is 833. The summed E-state index contributed by atoms with van der Waals surface area (Å²) in [6, 6.07) is 11.3. The van der Waals surface area contributed by atoms with Crippen molar-refractivity contribution in [1.82, 2.24) is 9.97 Å². The molecule has 0 bridgehead atoms. The zero-order chi connectivity index (χ0) is 14.2. The van der Waals surface area contributed by atoms with Gasteiger partial charge in [-0.25, -0.2) is 9.97 Å². The van der Waals surface area contributed by atoms with E-state index >= 15 is 0 Å². The predicted octanol–water partition coefficient (Wildman–Crippen LogP) is 2.65. The summed E-state index contributed by atoms with van der Waals surface area (Å²) in [5.41, 5.74) is 8.24. The fraction of sp³-hybridized carbons (Fsp3) is 0.125. The number of fused-ring (bicyclic) bond motifs is 2. The molecule has 0 unspecified atom stereocenters. The maximum Gasteiger partial charge on any atom is 0.162 e. The van der Waals surface area contributed by atoms with Crippen molar-refractivity contribution in [3.8, 4) is 22.9 Å². The maximum atomic E-state index is 5.76. The number of nitrogens with zero attached hydrogens (tertiary/aromatic N) is 2. The molecule has 0 spiro atoms. The predicted molar refractivity (Wildman–Crippen MR) is 80.4 cm³/mol. The van der Waals surface area contributed by atoms with Gasteiger partial charge in [0.2, 0.25) is 0 Å². The van der Waals surface area contributed by atoms with Gasteiger partial charge in [-0.1, -0.05) is 0 Å². The smallest absolute Gasteiger partial charge is 0.162 e. The van der Waals surface area contributed by atoms with E-state index < -0.39 is 0 Å². The number of nitrogen functional groups attached to an aromatic ring is 1. The van der Waals surface area contributed by atoms with Crippen molar-refractivity contribution in [2.45, 2.75) is 0 Å². The summed E-state index contributed by atoms with van der Waals surface area (Å²) in [4.78, 5) is 8.98. The first-order valence-corrected chi connectivity index (χ1v) is 6.72. The monoisotopic (exact) mass is 279 g/mol. The minimum Gasteiger partial charge on any atom is -0.486 e. The molecule has 2 N–H and O–H groups in total. The van der Waals surface area contributed by atoms with Crippen molar-refractivity contribution < 1.29 is 9.47 Å². The molecule has 2 aromatic carbocycles. The zero-order valence-corrected chi connectivity index (χ0v) is 11.2. The second kappa shape index (κ2) is 4.63. The quantitative estimate of drug-likeness (QED) is 0.693. The van der Waals surface area contributed by atoms with E-state index in [1.165, 1.54) is 0 Å². The van der Waals surface area contributed by atoms with Gasteiger partial charge in [0.15, 0.2) is 17.3 Å². The van der Waals surface area contributed by atoms with Crippen LogP contribution in [0.1, 0.15) is 0 Å². The maximum absolute atomic E-state index is 5.76. The summed E-state index contributed by atoms with van der Waals surface area (Å²) in [5, 5.41) is 0.927. The van der Waals surface area contributed by atoms with Crippen molar-refractivity contribution in [2.75, 3.05) is 18.9 Å². The summed E-state index contributed by atoms with van der Waals surface area (Å²) in [5.74, 6) is 2.16. The summed E-state index contributed by atoms with van der Waals surface area (Å²) >= 11 is 0. The van der Waals surface area contributed by atoms with E-state index in [0.29, 0.717) is 24.7 Å². The highest BCUT2D eigenvalue weighted by molar-refractivity contribution is 5.82. The molecular weight excluding hydrogens is 266 g/mol. The summed E-state index contributed by atoms with van der Waals surface area (Å²) < 4.78 is 11.1. The number of ether oxygens (including phenoxy) is 2. The SMILES string of the molecule is Nc1ccc2nc(-c3ccc4c(c3)OCCO4)ncc2c1. The van der Waals surface area contributed by atoms with E-state index in [2.05, 4.69) is 9.97 Å². The summed E-state index contributed by atoms with van der Waals surface area (Å²) in [7, 11) is 0. The molecule has 104 valence electrons. The standard InChI is InChI=1S/C16H13N3O2/c17-12-2-3-13-11(7-12)9-18-16(19-13)10-1-4-14-15(8-10)21-6-5-20-14/h1-4,7-9H,5-6,17H2. The molecular formula is C16H13N3O2. The third-order valence-corrected chi connectivity index (χ3v) is 3.40. The van der Waals surface area contributed by atoms with E-state index in [4.69, 9.17) is 15.2 Å². The number of hydrogen-bond acceptors (Lipinski definition) is 5. The molecule has 0 atom stereocenters. The first-order chi connectivity index (χ1) is 10.3. The Kier molecular flexibility index (Phi) is 2.64. The van der Waals surface area contributed by atoms with Gasteiger partial charge in [-0.2, -0.15) is 0 Å². The lowest BCUT2D eigenvalue weighted by atomic mass is 10.1. The van der Waals surface area contributed by atoms with Gasteiger partial charge < -0.3 is 15.2 Å². The molecule has 3 aromatic rings. The van der Waals surface area contributed by atoms with Crippen LogP contribution >= 0.6 is 0 Å². The van der Waals surface area contributed by atoms with Crippen LogP contribution in [0.5, 0.6) is 11.5 Å². The second-order valence-electron chi connectivity index (χ2n) is 4.87. The van der Waals surface area contributed by atoms with Crippen molar-refractivity contribution >= 4 is 16.6 Å². The average Bonchev–Trinajstić information content (AvgIpc) is 2.54. The number of rotatable bonds is 1. The number of hydrogen-bond donors (Lipinski definition) is 1. The highest BCUT2D eigenvalue weighted by Gasteiger charge is 2.13. The van der Waals surface area contributed by atoms with Gasteiger partial charge in [-0.05, 0) is 36.4 Å². The molecule has 0 amide bonds. The van der Waals surface area contributed by atoms with Gasteiger partial charge in [0.25, 0.3) is 0 Å². The largest absolute Gasteiger partial charge is 0.486 e. The van der Waals surface area contributed by atoms with Gasteiger partial charge in [-0.3, -0.25) is 0 Å². The van der Waals surface area contributed by atoms with Crippen LogP contribution in [0.15, 0.2) is 42.6 Å². The Morgan fingerprint density at radius 1 is 0.952 bits per heavy atom. The Morgan fingerprint density at radius 2 is 1.81 bits per heavy atom. The topological polar surface area (TPSA) is 70.3 Å². The first kappa shape index (κ1) is 12.0. The van der Waals surface area contributed by atoms with Crippen LogP contribution in [0.2, 0.25) is 0 Å². The minimum absolute atomic E-state index is 0.564. The Labute approximate surface area is 121 Å². The first-order valence-electron chi connectivity index (χ1n) is 6.72. The van der Waals surface area contributed by atoms with E-state index in [1.807, 2.05) is 36.4 Å². The van der Waals surface area contributed by atoms with Crippen molar-refractivity contribution in [2.24, 2.45) is 0 Å². The van der Waals surface area contributed by atoms with E-state index in [0.717, 1.165) is 28.0 Å². The molecule has 0 saturated carbocycles. The lowest BCUT2D eigenvalue weighted by Crippen LogP contribution is -2.15. The summed E-state index contributed by atoms with van der Waals surface area (Å²) in [6.45, 7) is 1.15. The van der Waals surface area contributed by atoms with Crippen LogP contribution in [0, 0.1) is 0 Å². The van der Waals surface area contributed by atoms with Crippen molar-refractivity contribution in [1.29, 1.82) is 0 Å². The Hall–Kier alpha value is -2.82. The molecule has 2 heterocycles. The molecule has 5 heteroatoms. The fourth-order valence-electron chi connectivity index (χ4n) is 2.37. The Balaban J connectivity index is 1.80. The average molecular weight is 279 g/mol. The number of nitrogens with two attached hydrogens (primary N) is 1. The highest BCUT2D eigenvalue weighted by Crippen LogP contribution is 2.33. The molecule has 1 aliphatic heterocycles. The number of aromatic nitrogens is 2. The van der Waals surface area contributed by atoms with Crippen LogP contribution in [0.3, 0.4) is 0 Å². The van der Waals surface area contributed by atoms with Gasteiger partial charge in [0.05, 0.1) is 5.52 Å². The van der Waals surface area contributed by atoms with Crippen LogP contribution in [-0.2, 0) is 0 Å². The number of benzene rings is 2. The summed E-state index contributed by atoms with van der Waals surface area (Å²) in [6.07, 6.45) is 1.78. The van der Waals surface area contributed by atoms with Crippen LogP contribution in [0.4, 0.5) is 5.69 Å². The zero-order valence-electron chi connectivity index (χ0n) is 11.2. The molecule has 1 aromatic heterocycles. The third-order valence-electron chi connectivity index (χ3n) is 3.40. The second-order valence-corrected chi connectivity index (χ2v) is 4.87. The lowest BCUT2D eigenvalue weighted by Gasteiger charge is -2.18. The van der Waals surface area contributed by atoms with Gasteiger partial charge in [-0.15, -0.1) is 0 Å². The lowest BCUT2D eigenvalue weighted by molar-refractivity contribution is 0.171. The van der Waals surface area contributed by atoms with Crippen LogP contribution in [0.25, 0.3) is 22.3 Å². The van der Waals surface area contributed by atoms with Gasteiger partial charge >= 0.3 is 0 Å². The molecule has 0 aliphatic carbocycles. The molecule has 0 fully saturated rings.